The Balaban J connectivity index is 0.000000321. The number of hydrogen-bond acceptors (Lipinski definition) is 3. The zero-order valence-electron chi connectivity index (χ0n) is 11.5. The quantitative estimate of drug-likeness (QED) is 0.844. The van der Waals surface area contributed by atoms with E-state index in [4.69, 9.17) is 10.8 Å². The summed E-state index contributed by atoms with van der Waals surface area (Å²) in [5, 5.41) is 8.34. The molecule has 0 aliphatic rings. The maximum absolute atomic E-state index is 10.2. The SMILES string of the molecule is CC(C)CCCC(C)N.O=C(O)c1cccnc1. The van der Waals surface area contributed by atoms with Crippen LogP contribution in [0.2, 0.25) is 0 Å². The summed E-state index contributed by atoms with van der Waals surface area (Å²) in [7, 11) is 0. The van der Waals surface area contributed by atoms with Crippen LogP contribution in [0.5, 0.6) is 0 Å². The molecule has 102 valence electrons. The van der Waals surface area contributed by atoms with Gasteiger partial charge in [-0.2, -0.15) is 0 Å². The van der Waals surface area contributed by atoms with Gasteiger partial charge in [-0.05, 0) is 31.4 Å². The van der Waals surface area contributed by atoms with Crippen molar-refractivity contribution in [3.63, 3.8) is 0 Å². The van der Waals surface area contributed by atoms with Gasteiger partial charge in [0.05, 0.1) is 5.56 Å². The van der Waals surface area contributed by atoms with E-state index in [1.807, 2.05) is 0 Å². The van der Waals surface area contributed by atoms with E-state index >= 15 is 0 Å². The summed E-state index contributed by atoms with van der Waals surface area (Å²) in [5.74, 6) is -0.105. The van der Waals surface area contributed by atoms with Crippen LogP contribution in [-0.4, -0.2) is 22.1 Å². The van der Waals surface area contributed by atoms with Gasteiger partial charge in [0.15, 0.2) is 0 Å². The van der Waals surface area contributed by atoms with E-state index in [1.165, 1.54) is 37.7 Å². The number of rotatable bonds is 5. The monoisotopic (exact) mass is 252 g/mol. The van der Waals surface area contributed by atoms with Crippen molar-refractivity contribution in [2.45, 2.75) is 46.1 Å². The second-order valence-electron chi connectivity index (χ2n) is 4.85. The molecule has 0 aliphatic carbocycles. The molecule has 1 aromatic heterocycles. The summed E-state index contributed by atoms with van der Waals surface area (Å²) >= 11 is 0. The number of carbonyl (C=O) groups is 1. The van der Waals surface area contributed by atoms with Gasteiger partial charge in [-0.3, -0.25) is 4.98 Å². The van der Waals surface area contributed by atoms with E-state index in [0.717, 1.165) is 5.92 Å². The fourth-order valence-corrected chi connectivity index (χ4v) is 1.34. The van der Waals surface area contributed by atoms with Gasteiger partial charge in [0.2, 0.25) is 0 Å². The van der Waals surface area contributed by atoms with Gasteiger partial charge >= 0.3 is 5.97 Å². The maximum Gasteiger partial charge on any atom is 0.337 e. The van der Waals surface area contributed by atoms with Crippen molar-refractivity contribution >= 4 is 5.97 Å². The highest BCUT2D eigenvalue weighted by Crippen LogP contribution is 2.06. The first-order chi connectivity index (χ1) is 8.43. The Hall–Kier alpha value is -1.42. The van der Waals surface area contributed by atoms with E-state index in [2.05, 4.69) is 25.8 Å². The number of carboxylic acid groups (broad SMARTS) is 1. The van der Waals surface area contributed by atoms with Gasteiger partial charge in [0.25, 0.3) is 0 Å². The Labute approximate surface area is 109 Å². The molecule has 1 rings (SSSR count). The Morgan fingerprint density at radius 1 is 1.39 bits per heavy atom. The second kappa shape index (κ2) is 9.59. The first-order valence-corrected chi connectivity index (χ1v) is 6.32. The van der Waals surface area contributed by atoms with Crippen molar-refractivity contribution < 1.29 is 9.90 Å². The van der Waals surface area contributed by atoms with Crippen molar-refractivity contribution in [1.82, 2.24) is 4.98 Å². The smallest absolute Gasteiger partial charge is 0.337 e. The van der Waals surface area contributed by atoms with E-state index in [-0.39, 0.29) is 5.56 Å². The molecule has 0 spiro atoms. The van der Waals surface area contributed by atoms with Gasteiger partial charge in [0, 0.05) is 18.4 Å². The molecule has 1 aromatic rings. The molecule has 0 saturated carbocycles. The largest absolute Gasteiger partial charge is 0.478 e. The summed E-state index contributed by atoms with van der Waals surface area (Å²) in [5.41, 5.74) is 5.80. The van der Waals surface area contributed by atoms with Crippen LogP contribution in [0.4, 0.5) is 0 Å². The number of nitrogens with two attached hydrogens (primary N) is 1. The Morgan fingerprint density at radius 2 is 2.06 bits per heavy atom. The molecule has 18 heavy (non-hydrogen) atoms. The molecule has 0 fully saturated rings. The number of hydrogen-bond donors (Lipinski definition) is 2. The second-order valence-corrected chi connectivity index (χ2v) is 4.85. The first-order valence-electron chi connectivity index (χ1n) is 6.32. The molecule has 3 N–H and O–H groups in total. The summed E-state index contributed by atoms with van der Waals surface area (Å²) in [6, 6.07) is 3.47. The Morgan fingerprint density at radius 3 is 2.39 bits per heavy atom. The number of carboxylic acids is 1. The van der Waals surface area contributed by atoms with Crippen LogP contribution in [0.3, 0.4) is 0 Å². The third-order valence-electron chi connectivity index (χ3n) is 2.35. The van der Waals surface area contributed by atoms with E-state index in [0.29, 0.717) is 6.04 Å². The molecular weight excluding hydrogens is 228 g/mol. The standard InChI is InChI=1S/C8H19N.C6H5NO2/c1-7(2)5-4-6-8(3)9;8-6(9)5-2-1-3-7-4-5/h7-8H,4-6,9H2,1-3H3;1-4H,(H,8,9). The number of aromatic carboxylic acids is 1. The van der Waals surface area contributed by atoms with Crippen LogP contribution in [0.1, 0.15) is 50.4 Å². The summed E-state index contributed by atoms with van der Waals surface area (Å²) in [4.78, 5) is 13.8. The zero-order chi connectivity index (χ0) is 14.0. The maximum atomic E-state index is 10.2. The van der Waals surface area contributed by atoms with E-state index in [9.17, 15) is 4.79 Å². The summed E-state index contributed by atoms with van der Waals surface area (Å²) in [6.45, 7) is 6.57. The van der Waals surface area contributed by atoms with Crippen LogP contribution in [0.25, 0.3) is 0 Å². The van der Waals surface area contributed by atoms with Crippen LogP contribution < -0.4 is 5.73 Å². The third kappa shape index (κ3) is 9.78. The molecule has 4 nitrogen and oxygen atoms in total. The fourth-order valence-electron chi connectivity index (χ4n) is 1.34. The number of aromatic nitrogens is 1. The lowest BCUT2D eigenvalue weighted by Gasteiger charge is -2.05. The molecule has 0 aromatic carbocycles. The lowest BCUT2D eigenvalue weighted by Crippen LogP contribution is -2.14. The van der Waals surface area contributed by atoms with Crippen molar-refractivity contribution in [2.24, 2.45) is 11.7 Å². The first kappa shape index (κ1) is 16.6. The molecule has 0 saturated heterocycles. The van der Waals surface area contributed by atoms with E-state index in [1.54, 1.807) is 6.07 Å². The van der Waals surface area contributed by atoms with Crippen LogP contribution >= 0.6 is 0 Å². The molecular formula is C14H24N2O2. The molecule has 1 heterocycles. The molecule has 0 bridgehead atoms. The van der Waals surface area contributed by atoms with Gasteiger partial charge in [-0.1, -0.05) is 26.7 Å². The highest BCUT2D eigenvalue weighted by Gasteiger charge is 1.97. The minimum absolute atomic E-state index is 0.220. The van der Waals surface area contributed by atoms with Crippen molar-refractivity contribution in [3.05, 3.63) is 30.1 Å². The topological polar surface area (TPSA) is 76.2 Å². The van der Waals surface area contributed by atoms with Crippen LogP contribution in [0, 0.1) is 5.92 Å². The average molecular weight is 252 g/mol. The number of pyridine rings is 1. The predicted octanol–water partition coefficient (Wildman–Crippen LogP) is 2.94. The molecule has 1 unspecified atom stereocenters. The molecule has 0 amide bonds. The van der Waals surface area contributed by atoms with Crippen LogP contribution in [0.15, 0.2) is 24.5 Å². The highest BCUT2D eigenvalue weighted by molar-refractivity contribution is 5.86. The summed E-state index contributed by atoms with van der Waals surface area (Å²) < 4.78 is 0. The average Bonchev–Trinajstić information content (AvgIpc) is 2.30. The molecule has 4 heteroatoms. The zero-order valence-corrected chi connectivity index (χ0v) is 11.5. The van der Waals surface area contributed by atoms with Gasteiger partial charge < -0.3 is 10.8 Å². The minimum Gasteiger partial charge on any atom is -0.478 e. The Kier molecular flexibility index (Phi) is 8.84. The molecule has 0 radical (unpaired) electrons. The van der Waals surface area contributed by atoms with Gasteiger partial charge in [-0.15, -0.1) is 0 Å². The lowest BCUT2D eigenvalue weighted by molar-refractivity contribution is 0.0696. The molecule has 0 aliphatic heterocycles. The number of nitrogens with zero attached hydrogens (tertiary/aromatic N) is 1. The minimum atomic E-state index is -0.942. The van der Waals surface area contributed by atoms with Crippen molar-refractivity contribution in [1.29, 1.82) is 0 Å². The summed E-state index contributed by atoms with van der Waals surface area (Å²) in [6.07, 6.45) is 6.63. The molecule has 1 atom stereocenters. The predicted molar refractivity (Wildman–Crippen MR) is 73.5 cm³/mol. The van der Waals surface area contributed by atoms with Crippen molar-refractivity contribution in [2.75, 3.05) is 0 Å². The van der Waals surface area contributed by atoms with Gasteiger partial charge in [0.1, 0.15) is 0 Å². The van der Waals surface area contributed by atoms with Crippen LogP contribution in [-0.2, 0) is 0 Å². The highest BCUT2D eigenvalue weighted by atomic mass is 16.4. The normalized spacial score (nSPS) is 11.6. The lowest BCUT2D eigenvalue weighted by atomic mass is 10.0. The third-order valence-corrected chi connectivity index (χ3v) is 2.35. The van der Waals surface area contributed by atoms with E-state index < -0.39 is 5.97 Å². The van der Waals surface area contributed by atoms with Crippen molar-refractivity contribution in [3.8, 4) is 0 Å². The fraction of sp³-hybridized carbons (Fsp3) is 0.571. The Bertz CT molecular complexity index is 316. The van der Waals surface area contributed by atoms with Gasteiger partial charge in [-0.25, -0.2) is 4.79 Å².